The Morgan fingerprint density at radius 1 is 0.957 bits per heavy atom. The van der Waals surface area contributed by atoms with E-state index in [-0.39, 0.29) is 69.5 Å². The summed E-state index contributed by atoms with van der Waals surface area (Å²) in [6.07, 6.45) is 0.0953. The highest BCUT2D eigenvalue weighted by molar-refractivity contribution is 7.86. The molecule has 1 heterocycles. The van der Waals surface area contributed by atoms with Crippen molar-refractivity contribution in [3.05, 3.63) is 29.8 Å². The Bertz CT molecular complexity index is 1270. The van der Waals surface area contributed by atoms with Crippen LogP contribution in [0.3, 0.4) is 0 Å². The molecular weight excluding hydrogens is 624 g/mol. The van der Waals surface area contributed by atoms with Gasteiger partial charge in [0.2, 0.25) is 0 Å². The predicted molar refractivity (Wildman–Crippen MR) is 164 cm³/mol. The molecule has 1 aliphatic heterocycles. The number of aliphatic hydroxyl groups is 1. The summed E-state index contributed by atoms with van der Waals surface area (Å²) in [4.78, 5) is 52.4. The summed E-state index contributed by atoms with van der Waals surface area (Å²) in [6.45, 7) is 7.95. The zero-order valence-corrected chi connectivity index (χ0v) is 28.4. The first-order valence-corrected chi connectivity index (χ1v) is 16.8. The molecule has 2 rings (SSSR count). The Labute approximate surface area is 271 Å². The molecular formula is C32H48O13S. The summed E-state index contributed by atoms with van der Waals surface area (Å²) in [5, 5.41) is 9.14. The summed E-state index contributed by atoms with van der Waals surface area (Å²) in [7, 11) is -2.85. The predicted octanol–water partition coefficient (Wildman–Crippen LogP) is 3.13. The van der Waals surface area contributed by atoms with Crippen molar-refractivity contribution < 1.29 is 60.6 Å². The van der Waals surface area contributed by atoms with Gasteiger partial charge in [-0.2, -0.15) is 8.42 Å². The van der Waals surface area contributed by atoms with Crippen molar-refractivity contribution in [1.29, 1.82) is 0 Å². The van der Waals surface area contributed by atoms with Gasteiger partial charge >= 0.3 is 23.9 Å². The fourth-order valence-corrected chi connectivity index (χ4v) is 6.05. The monoisotopic (exact) mass is 672 g/mol. The first-order chi connectivity index (χ1) is 21.6. The molecule has 13 nitrogen and oxygen atoms in total. The zero-order chi connectivity index (χ0) is 34.5. The van der Waals surface area contributed by atoms with E-state index >= 15 is 0 Å². The third-order valence-electron chi connectivity index (χ3n) is 7.71. The molecule has 260 valence electrons. The number of hydrogen-bond acceptors (Lipinski definition) is 13. The van der Waals surface area contributed by atoms with Crippen LogP contribution in [0.1, 0.15) is 65.4 Å². The topological polar surface area (TPSA) is 181 Å². The third-order valence-corrected chi connectivity index (χ3v) is 9.04. The summed E-state index contributed by atoms with van der Waals surface area (Å²) >= 11 is 0. The molecule has 1 fully saturated rings. The van der Waals surface area contributed by atoms with Crippen molar-refractivity contribution in [3.63, 3.8) is 0 Å². The van der Waals surface area contributed by atoms with E-state index in [9.17, 15) is 27.6 Å². The van der Waals surface area contributed by atoms with Gasteiger partial charge in [-0.15, -0.1) is 0 Å². The molecule has 0 aliphatic carbocycles. The number of carbonyl (C=O) groups is 4. The van der Waals surface area contributed by atoms with E-state index < -0.39 is 63.3 Å². The fraction of sp³-hybridized carbons (Fsp3) is 0.688. The maximum absolute atomic E-state index is 13.3. The maximum atomic E-state index is 13.3. The number of hydrogen-bond donors (Lipinski definition) is 1. The van der Waals surface area contributed by atoms with Crippen LogP contribution in [-0.2, 0) is 57.2 Å². The van der Waals surface area contributed by atoms with E-state index in [4.69, 9.17) is 33.0 Å². The molecule has 1 N–H and O–H groups in total. The Morgan fingerprint density at radius 2 is 1.57 bits per heavy atom. The van der Waals surface area contributed by atoms with Crippen LogP contribution in [0.25, 0.3) is 0 Å². The van der Waals surface area contributed by atoms with E-state index in [0.717, 1.165) is 5.56 Å². The molecule has 0 saturated carbocycles. The van der Waals surface area contributed by atoms with Crippen LogP contribution in [0.4, 0.5) is 0 Å². The van der Waals surface area contributed by atoms with Crippen molar-refractivity contribution in [2.24, 2.45) is 22.7 Å². The molecule has 14 heteroatoms. The van der Waals surface area contributed by atoms with Crippen molar-refractivity contribution in [2.75, 3.05) is 46.8 Å². The number of ether oxygens (including phenoxy) is 5. The Hall–Kier alpha value is -3.07. The van der Waals surface area contributed by atoms with Gasteiger partial charge < -0.3 is 28.8 Å². The lowest BCUT2D eigenvalue weighted by molar-refractivity contribution is -0.164. The average molecular weight is 673 g/mol. The molecule has 0 spiro atoms. The molecule has 4 unspecified atom stereocenters. The summed E-state index contributed by atoms with van der Waals surface area (Å²) in [5.74, 6) is -4.38. The highest BCUT2D eigenvalue weighted by atomic mass is 32.2. The van der Waals surface area contributed by atoms with E-state index in [1.165, 1.54) is 19.2 Å². The van der Waals surface area contributed by atoms with Gasteiger partial charge in [-0.25, -0.2) is 0 Å². The molecule has 0 radical (unpaired) electrons. The first-order valence-electron chi connectivity index (χ1n) is 15.4. The third kappa shape index (κ3) is 12.3. The first kappa shape index (κ1) is 39.1. The van der Waals surface area contributed by atoms with Gasteiger partial charge in [0.25, 0.3) is 10.1 Å². The average Bonchev–Trinajstić information content (AvgIpc) is 3.84. The number of rotatable bonds is 21. The van der Waals surface area contributed by atoms with Gasteiger partial charge in [-0.3, -0.25) is 23.4 Å². The molecule has 1 aromatic rings. The van der Waals surface area contributed by atoms with Crippen LogP contribution in [0, 0.1) is 29.6 Å². The van der Waals surface area contributed by atoms with Gasteiger partial charge in [0.05, 0.1) is 47.9 Å². The van der Waals surface area contributed by atoms with Crippen LogP contribution in [0.2, 0.25) is 0 Å². The molecule has 0 aromatic heterocycles. The van der Waals surface area contributed by atoms with Crippen LogP contribution >= 0.6 is 0 Å². The Morgan fingerprint density at radius 3 is 2.13 bits per heavy atom. The van der Waals surface area contributed by atoms with Crippen molar-refractivity contribution in [2.45, 2.75) is 77.7 Å². The number of methoxy groups -OCH3 is 1. The molecule has 0 amide bonds. The number of aryl methyl sites for hydroxylation is 1. The highest BCUT2D eigenvalue weighted by Gasteiger charge is 2.47. The van der Waals surface area contributed by atoms with Gasteiger partial charge in [-0.1, -0.05) is 24.6 Å². The second-order valence-electron chi connectivity index (χ2n) is 12.4. The number of benzene rings is 1. The number of carbonyl (C=O) groups excluding carboxylic acids is 4. The summed E-state index contributed by atoms with van der Waals surface area (Å²) in [6, 6.07) is 6.10. The second kappa shape index (κ2) is 17.7. The van der Waals surface area contributed by atoms with Crippen LogP contribution in [-0.4, -0.2) is 90.3 Å². The number of aliphatic hydroxyl groups excluding tert-OH is 1. The van der Waals surface area contributed by atoms with E-state index in [1.54, 1.807) is 39.8 Å². The summed E-state index contributed by atoms with van der Waals surface area (Å²) < 4.78 is 56.1. The van der Waals surface area contributed by atoms with Crippen LogP contribution < -0.4 is 0 Å². The van der Waals surface area contributed by atoms with E-state index in [1.807, 2.05) is 6.92 Å². The summed E-state index contributed by atoms with van der Waals surface area (Å²) in [5.41, 5.74) is -1.63. The Balaban J connectivity index is 2.14. The lowest BCUT2D eigenvalue weighted by Gasteiger charge is -2.36. The Kier molecular flexibility index (Phi) is 15.1. The van der Waals surface area contributed by atoms with Gasteiger partial charge in [0, 0.05) is 13.0 Å². The molecule has 1 aliphatic rings. The lowest BCUT2D eigenvalue weighted by atomic mass is 9.68. The van der Waals surface area contributed by atoms with Crippen LogP contribution in [0.15, 0.2) is 29.2 Å². The van der Waals surface area contributed by atoms with E-state index in [0.29, 0.717) is 6.61 Å². The molecule has 4 atom stereocenters. The minimum Gasteiger partial charge on any atom is -0.469 e. The minimum absolute atomic E-state index is 0.0274. The molecule has 1 saturated heterocycles. The SMILES string of the molecule is CCC(CC(CC(C)(CC(C)(C)C(=O)OCC1CO1)C(=O)OC)C(=O)OCCCO)C(=O)OCCOS(=O)(=O)c1ccc(C)cc1. The van der Waals surface area contributed by atoms with E-state index in [2.05, 4.69) is 0 Å². The van der Waals surface area contributed by atoms with Crippen molar-refractivity contribution in [1.82, 2.24) is 0 Å². The minimum atomic E-state index is -4.05. The highest BCUT2D eigenvalue weighted by Crippen LogP contribution is 2.42. The van der Waals surface area contributed by atoms with Gasteiger partial charge in [-0.05, 0) is 65.5 Å². The molecule has 1 aromatic carbocycles. The standard InChI is InChI=1S/C32H48O13S/c1-7-23(27(34)42-15-16-45-46(38,39)26-11-9-22(2)10-12-26)17-24(28(35)41-14-8-13-33)18-32(5,30(37)40-6)21-31(3,4)29(36)44-20-25-19-43-25/h9-12,23-25,33H,7-8,13-21H2,1-6H3. The van der Waals surface area contributed by atoms with Crippen LogP contribution in [0.5, 0.6) is 0 Å². The van der Waals surface area contributed by atoms with Gasteiger partial charge in [0.1, 0.15) is 25.9 Å². The number of esters is 4. The number of epoxide rings is 1. The smallest absolute Gasteiger partial charge is 0.311 e. The normalized spacial score (nSPS) is 17.2. The van der Waals surface area contributed by atoms with Gasteiger partial charge in [0.15, 0.2) is 0 Å². The fourth-order valence-electron chi connectivity index (χ4n) is 5.16. The quantitative estimate of drug-likeness (QED) is 0.0662. The zero-order valence-electron chi connectivity index (χ0n) is 27.6. The lowest BCUT2D eigenvalue weighted by Crippen LogP contribution is -2.41. The molecule has 0 bridgehead atoms. The maximum Gasteiger partial charge on any atom is 0.311 e. The largest absolute Gasteiger partial charge is 0.469 e. The van der Waals surface area contributed by atoms with Crippen molar-refractivity contribution >= 4 is 34.0 Å². The second-order valence-corrected chi connectivity index (χ2v) is 14.0. The van der Waals surface area contributed by atoms with Crippen molar-refractivity contribution in [3.8, 4) is 0 Å². The molecule has 46 heavy (non-hydrogen) atoms.